The summed E-state index contributed by atoms with van der Waals surface area (Å²) in [6, 6.07) is 4.97. The van der Waals surface area contributed by atoms with Crippen molar-refractivity contribution in [1.82, 2.24) is 4.57 Å². The molecule has 0 unspecified atom stereocenters. The zero-order valence-corrected chi connectivity index (χ0v) is 9.48. The summed E-state index contributed by atoms with van der Waals surface area (Å²) in [4.78, 5) is 11.9. The van der Waals surface area contributed by atoms with Crippen molar-refractivity contribution in [1.29, 1.82) is 0 Å². The second-order valence-corrected chi connectivity index (χ2v) is 3.57. The standard InChI is InChI=1S/C12H10F2N2O2/c1-18-10-3-2-4-16(12(10)17)7-5-8(13)11(15)9(14)6-7/h2-6H,15H2,1H3. The number of benzene rings is 1. The molecule has 6 heteroatoms. The van der Waals surface area contributed by atoms with Gasteiger partial charge in [-0.15, -0.1) is 0 Å². The van der Waals surface area contributed by atoms with Gasteiger partial charge in [0.25, 0.3) is 5.56 Å². The van der Waals surface area contributed by atoms with E-state index in [4.69, 9.17) is 10.5 Å². The lowest BCUT2D eigenvalue weighted by molar-refractivity contribution is 0.406. The Bertz CT molecular complexity index is 630. The molecular weight excluding hydrogens is 242 g/mol. The zero-order chi connectivity index (χ0) is 13.3. The number of nitrogen functional groups attached to an aromatic ring is 1. The minimum atomic E-state index is -0.917. The highest BCUT2D eigenvalue weighted by Gasteiger charge is 2.11. The normalized spacial score (nSPS) is 10.4. The second kappa shape index (κ2) is 4.48. The first-order valence-electron chi connectivity index (χ1n) is 5.05. The van der Waals surface area contributed by atoms with E-state index in [1.807, 2.05) is 0 Å². The maximum Gasteiger partial charge on any atom is 0.297 e. The highest BCUT2D eigenvalue weighted by atomic mass is 19.1. The zero-order valence-electron chi connectivity index (χ0n) is 9.48. The third-order valence-electron chi connectivity index (χ3n) is 2.47. The van der Waals surface area contributed by atoms with E-state index >= 15 is 0 Å². The molecule has 0 radical (unpaired) electrons. The van der Waals surface area contributed by atoms with Crippen LogP contribution < -0.4 is 16.0 Å². The minimum absolute atomic E-state index is 0.0445. The van der Waals surface area contributed by atoms with Crippen LogP contribution in [0.2, 0.25) is 0 Å². The third-order valence-corrected chi connectivity index (χ3v) is 2.47. The van der Waals surface area contributed by atoms with Crippen LogP contribution in [-0.4, -0.2) is 11.7 Å². The van der Waals surface area contributed by atoms with Gasteiger partial charge in [0, 0.05) is 18.3 Å². The highest BCUT2D eigenvalue weighted by Crippen LogP contribution is 2.19. The molecule has 0 amide bonds. The highest BCUT2D eigenvalue weighted by molar-refractivity contribution is 5.48. The van der Waals surface area contributed by atoms with E-state index in [9.17, 15) is 13.6 Å². The molecule has 0 saturated carbocycles. The fraction of sp³-hybridized carbons (Fsp3) is 0.0833. The van der Waals surface area contributed by atoms with Crippen LogP contribution in [0, 0.1) is 11.6 Å². The molecule has 2 N–H and O–H groups in total. The van der Waals surface area contributed by atoms with E-state index < -0.39 is 22.9 Å². The van der Waals surface area contributed by atoms with Crippen LogP contribution in [0.5, 0.6) is 5.75 Å². The van der Waals surface area contributed by atoms with E-state index in [1.165, 1.54) is 25.4 Å². The van der Waals surface area contributed by atoms with Gasteiger partial charge in [-0.25, -0.2) is 8.78 Å². The Morgan fingerprint density at radius 1 is 1.28 bits per heavy atom. The monoisotopic (exact) mass is 252 g/mol. The molecule has 0 fully saturated rings. The van der Waals surface area contributed by atoms with Gasteiger partial charge < -0.3 is 10.5 Å². The summed E-state index contributed by atoms with van der Waals surface area (Å²) >= 11 is 0. The predicted octanol–water partition coefficient (Wildman–Crippen LogP) is 1.71. The summed E-state index contributed by atoms with van der Waals surface area (Å²) in [5.74, 6) is -1.76. The summed E-state index contributed by atoms with van der Waals surface area (Å²) in [6.45, 7) is 0. The topological polar surface area (TPSA) is 57.2 Å². The van der Waals surface area contributed by atoms with Crippen molar-refractivity contribution >= 4 is 5.69 Å². The van der Waals surface area contributed by atoms with E-state index in [0.717, 1.165) is 16.7 Å². The fourth-order valence-corrected chi connectivity index (χ4v) is 1.54. The third kappa shape index (κ3) is 1.92. The van der Waals surface area contributed by atoms with Crippen LogP contribution in [-0.2, 0) is 0 Å². The van der Waals surface area contributed by atoms with E-state index in [-0.39, 0.29) is 11.4 Å². The molecular formula is C12H10F2N2O2. The van der Waals surface area contributed by atoms with Crippen molar-refractivity contribution in [3.8, 4) is 11.4 Å². The molecule has 18 heavy (non-hydrogen) atoms. The van der Waals surface area contributed by atoms with Crippen LogP contribution in [0.4, 0.5) is 14.5 Å². The molecule has 1 aromatic carbocycles. The number of hydrogen-bond donors (Lipinski definition) is 1. The molecule has 2 aromatic rings. The molecule has 0 aliphatic heterocycles. The largest absolute Gasteiger partial charge is 0.491 e. The van der Waals surface area contributed by atoms with Crippen molar-refractivity contribution in [3.63, 3.8) is 0 Å². The molecule has 94 valence electrons. The SMILES string of the molecule is COc1cccn(-c2cc(F)c(N)c(F)c2)c1=O. The number of anilines is 1. The number of rotatable bonds is 2. The molecule has 0 saturated heterocycles. The van der Waals surface area contributed by atoms with E-state index in [1.54, 1.807) is 0 Å². The first-order valence-corrected chi connectivity index (χ1v) is 5.05. The maximum absolute atomic E-state index is 13.3. The van der Waals surface area contributed by atoms with E-state index in [0.29, 0.717) is 0 Å². The van der Waals surface area contributed by atoms with Crippen molar-refractivity contribution in [3.05, 3.63) is 52.5 Å². The van der Waals surface area contributed by atoms with Gasteiger partial charge in [-0.1, -0.05) is 0 Å². The van der Waals surface area contributed by atoms with Gasteiger partial charge in [-0.05, 0) is 12.1 Å². The maximum atomic E-state index is 13.3. The predicted molar refractivity (Wildman–Crippen MR) is 62.9 cm³/mol. The van der Waals surface area contributed by atoms with Gasteiger partial charge in [-0.2, -0.15) is 0 Å². The number of aromatic nitrogens is 1. The summed E-state index contributed by atoms with van der Waals surface area (Å²) < 4.78 is 32.6. The summed E-state index contributed by atoms with van der Waals surface area (Å²) in [5.41, 5.74) is 4.12. The smallest absolute Gasteiger partial charge is 0.297 e. The minimum Gasteiger partial charge on any atom is -0.491 e. The van der Waals surface area contributed by atoms with Crippen molar-refractivity contribution < 1.29 is 13.5 Å². The van der Waals surface area contributed by atoms with Gasteiger partial charge >= 0.3 is 0 Å². The Hall–Kier alpha value is -2.37. The summed E-state index contributed by atoms with van der Waals surface area (Å²) in [6.07, 6.45) is 1.38. The number of halogens is 2. The van der Waals surface area contributed by atoms with Gasteiger partial charge in [-0.3, -0.25) is 9.36 Å². The molecule has 0 spiro atoms. The second-order valence-electron chi connectivity index (χ2n) is 3.57. The van der Waals surface area contributed by atoms with Crippen molar-refractivity contribution in [2.24, 2.45) is 0 Å². The molecule has 2 rings (SSSR count). The van der Waals surface area contributed by atoms with Crippen LogP contribution in [0.15, 0.2) is 35.3 Å². The Kier molecular flexibility index (Phi) is 3.01. The van der Waals surface area contributed by atoms with Crippen LogP contribution in [0.3, 0.4) is 0 Å². The molecule has 0 aliphatic carbocycles. The number of nitrogens with two attached hydrogens (primary N) is 1. The van der Waals surface area contributed by atoms with Crippen LogP contribution in [0.25, 0.3) is 5.69 Å². The summed E-state index contributed by atoms with van der Waals surface area (Å²) in [7, 11) is 1.34. The lowest BCUT2D eigenvalue weighted by Crippen LogP contribution is -2.19. The number of ether oxygens (including phenoxy) is 1. The number of hydrogen-bond acceptors (Lipinski definition) is 3. The number of nitrogens with zero attached hydrogens (tertiary/aromatic N) is 1. The van der Waals surface area contributed by atoms with Crippen LogP contribution in [0.1, 0.15) is 0 Å². The van der Waals surface area contributed by atoms with Gasteiger partial charge in [0.15, 0.2) is 17.4 Å². The fourth-order valence-electron chi connectivity index (χ4n) is 1.54. The van der Waals surface area contributed by atoms with Gasteiger partial charge in [0.05, 0.1) is 12.8 Å². The Labute approximate surface area is 101 Å². The lowest BCUT2D eigenvalue weighted by Gasteiger charge is -2.09. The van der Waals surface area contributed by atoms with Gasteiger partial charge in [0.2, 0.25) is 0 Å². The van der Waals surface area contributed by atoms with Gasteiger partial charge in [0.1, 0.15) is 5.69 Å². The average Bonchev–Trinajstić information content (AvgIpc) is 2.35. The molecule has 0 aliphatic rings. The molecule has 1 heterocycles. The molecule has 0 atom stereocenters. The van der Waals surface area contributed by atoms with Crippen molar-refractivity contribution in [2.45, 2.75) is 0 Å². The molecule has 4 nitrogen and oxygen atoms in total. The Morgan fingerprint density at radius 3 is 2.44 bits per heavy atom. The quantitative estimate of drug-likeness (QED) is 0.828. The summed E-state index contributed by atoms with van der Waals surface area (Å²) in [5, 5.41) is 0. The molecule has 1 aromatic heterocycles. The lowest BCUT2D eigenvalue weighted by atomic mass is 10.2. The Balaban J connectivity index is 2.66. The number of pyridine rings is 1. The van der Waals surface area contributed by atoms with E-state index in [2.05, 4.69) is 0 Å². The Morgan fingerprint density at radius 2 is 1.89 bits per heavy atom. The molecule has 0 bridgehead atoms. The number of methoxy groups -OCH3 is 1. The van der Waals surface area contributed by atoms with Crippen LogP contribution >= 0.6 is 0 Å². The first kappa shape index (κ1) is 12.1. The average molecular weight is 252 g/mol. The first-order chi connectivity index (χ1) is 8.54. The van der Waals surface area contributed by atoms with Crippen molar-refractivity contribution in [2.75, 3.05) is 12.8 Å².